The van der Waals surface area contributed by atoms with E-state index in [9.17, 15) is 13.2 Å². The van der Waals surface area contributed by atoms with Crippen molar-refractivity contribution in [3.63, 3.8) is 0 Å². The number of benzene rings is 2. The molecule has 4 aromatic rings. The topological polar surface area (TPSA) is 43.1 Å². The minimum Gasteiger partial charge on any atom is -0.207 e. The lowest BCUT2D eigenvalue weighted by Gasteiger charge is -1.99. The number of aromatic nitrogens is 4. The number of halogens is 3. The summed E-state index contributed by atoms with van der Waals surface area (Å²) in [6.07, 6.45) is 0. The Balaban J connectivity index is 1.89. The average Bonchev–Trinajstić information content (AvgIpc) is 3.10. The van der Waals surface area contributed by atoms with Crippen LogP contribution in [0.4, 0.5) is 13.2 Å². The summed E-state index contributed by atoms with van der Waals surface area (Å²) >= 11 is 1.18. The van der Waals surface area contributed by atoms with Crippen molar-refractivity contribution >= 4 is 16.3 Å². The molecule has 0 aliphatic heterocycles. The summed E-state index contributed by atoms with van der Waals surface area (Å²) in [5.74, 6) is -1.50. The van der Waals surface area contributed by atoms with Crippen molar-refractivity contribution in [3.05, 3.63) is 59.9 Å². The van der Waals surface area contributed by atoms with Gasteiger partial charge in [0.1, 0.15) is 22.5 Å². The van der Waals surface area contributed by atoms with Crippen molar-refractivity contribution in [1.82, 2.24) is 19.8 Å². The molecule has 0 bridgehead atoms. The van der Waals surface area contributed by atoms with E-state index in [2.05, 4.69) is 15.3 Å². The summed E-state index contributed by atoms with van der Waals surface area (Å²) in [7, 11) is 0. The lowest BCUT2D eigenvalue weighted by molar-refractivity contribution is 0.601. The second kappa shape index (κ2) is 5.17. The Labute approximate surface area is 131 Å². The highest BCUT2D eigenvalue weighted by Gasteiger charge is 2.18. The SMILES string of the molecule is Fc1cccc(-c2nn3c(-c4cc(F)ccc4F)nnc3s2)c1. The van der Waals surface area contributed by atoms with Gasteiger partial charge in [-0.3, -0.25) is 0 Å². The van der Waals surface area contributed by atoms with Crippen LogP contribution in [0.2, 0.25) is 0 Å². The lowest BCUT2D eigenvalue weighted by Crippen LogP contribution is -1.94. The van der Waals surface area contributed by atoms with Crippen LogP contribution in [-0.4, -0.2) is 19.8 Å². The van der Waals surface area contributed by atoms with Crippen LogP contribution in [0.3, 0.4) is 0 Å². The standard InChI is InChI=1S/C15H7F3N4S/c16-9-3-1-2-8(6-9)14-21-22-13(19-20-15(22)23-14)11-7-10(17)4-5-12(11)18/h1-7H. The molecule has 0 N–H and O–H groups in total. The predicted octanol–water partition coefficient (Wildman–Crippen LogP) is 3.94. The van der Waals surface area contributed by atoms with Crippen LogP contribution in [0.15, 0.2) is 42.5 Å². The zero-order valence-corrected chi connectivity index (χ0v) is 12.2. The van der Waals surface area contributed by atoms with E-state index in [0.29, 0.717) is 15.5 Å². The molecule has 0 aliphatic carbocycles. The van der Waals surface area contributed by atoms with Gasteiger partial charge in [0.2, 0.25) is 4.96 Å². The van der Waals surface area contributed by atoms with Crippen LogP contribution in [0.5, 0.6) is 0 Å². The van der Waals surface area contributed by atoms with Crippen LogP contribution in [-0.2, 0) is 0 Å². The molecule has 4 rings (SSSR count). The molecule has 8 heteroatoms. The highest BCUT2D eigenvalue weighted by molar-refractivity contribution is 7.19. The first-order valence-corrected chi connectivity index (χ1v) is 7.37. The molecule has 0 amide bonds. The minimum atomic E-state index is -0.624. The van der Waals surface area contributed by atoms with Gasteiger partial charge in [-0.1, -0.05) is 23.5 Å². The van der Waals surface area contributed by atoms with Gasteiger partial charge in [-0.25, -0.2) is 13.2 Å². The van der Waals surface area contributed by atoms with E-state index in [1.54, 1.807) is 12.1 Å². The maximum atomic E-state index is 13.9. The summed E-state index contributed by atoms with van der Waals surface area (Å²) in [6.45, 7) is 0. The number of nitrogens with zero attached hydrogens (tertiary/aromatic N) is 4. The normalized spacial score (nSPS) is 11.3. The monoisotopic (exact) mass is 332 g/mol. The quantitative estimate of drug-likeness (QED) is 0.558. The summed E-state index contributed by atoms with van der Waals surface area (Å²) in [6, 6.07) is 9.03. The fraction of sp³-hybridized carbons (Fsp3) is 0. The van der Waals surface area contributed by atoms with Gasteiger partial charge in [0.15, 0.2) is 5.82 Å². The van der Waals surface area contributed by atoms with Crippen LogP contribution in [0.25, 0.3) is 26.9 Å². The van der Waals surface area contributed by atoms with E-state index in [-0.39, 0.29) is 17.2 Å². The molecule has 0 atom stereocenters. The van der Waals surface area contributed by atoms with Crippen molar-refractivity contribution in [2.45, 2.75) is 0 Å². The molecule has 2 aromatic carbocycles. The number of hydrogen-bond acceptors (Lipinski definition) is 4. The van der Waals surface area contributed by atoms with Gasteiger partial charge in [-0.05, 0) is 30.3 Å². The number of hydrogen-bond donors (Lipinski definition) is 0. The van der Waals surface area contributed by atoms with Crippen LogP contribution in [0, 0.1) is 17.5 Å². The summed E-state index contributed by atoms with van der Waals surface area (Å²) in [5.41, 5.74) is 0.541. The maximum Gasteiger partial charge on any atom is 0.235 e. The third-order valence-electron chi connectivity index (χ3n) is 3.23. The second-order valence-corrected chi connectivity index (χ2v) is 5.72. The molecule has 2 heterocycles. The molecule has 0 spiro atoms. The summed E-state index contributed by atoms with van der Waals surface area (Å²) in [4.78, 5) is 0.405. The lowest BCUT2D eigenvalue weighted by atomic mass is 10.2. The number of rotatable bonds is 2. The molecule has 0 fully saturated rings. The van der Waals surface area contributed by atoms with Crippen molar-refractivity contribution < 1.29 is 13.2 Å². The molecule has 4 nitrogen and oxygen atoms in total. The summed E-state index contributed by atoms with van der Waals surface area (Å²) in [5, 5.41) is 12.6. The van der Waals surface area contributed by atoms with Crippen LogP contribution < -0.4 is 0 Å². The highest BCUT2D eigenvalue weighted by atomic mass is 32.1. The first-order valence-electron chi connectivity index (χ1n) is 6.55. The smallest absolute Gasteiger partial charge is 0.207 e. The zero-order chi connectivity index (χ0) is 16.0. The second-order valence-electron chi connectivity index (χ2n) is 4.76. The van der Waals surface area contributed by atoms with Crippen LogP contribution >= 0.6 is 11.3 Å². The summed E-state index contributed by atoms with van der Waals surface area (Å²) < 4.78 is 41.9. The average molecular weight is 332 g/mol. The molecule has 0 aliphatic rings. The molecule has 2 aromatic heterocycles. The molecule has 114 valence electrons. The van der Waals surface area contributed by atoms with Gasteiger partial charge in [0.25, 0.3) is 0 Å². The van der Waals surface area contributed by atoms with E-state index in [1.165, 1.54) is 28.0 Å². The van der Waals surface area contributed by atoms with Crippen molar-refractivity contribution in [2.24, 2.45) is 0 Å². The number of fused-ring (bicyclic) bond motifs is 1. The Hall–Kier alpha value is -2.74. The van der Waals surface area contributed by atoms with Gasteiger partial charge in [-0.15, -0.1) is 10.2 Å². The van der Waals surface area contributed by atoms with Gasteiger partial charge >= 0.3 is 0 Å². The fourth-order valence-corrected chi connectivity index (χ4v) is 3.03. The van der Waals surface area contributed by atoms with Crippen molar-refractivity contribution in [2.75, 3.05) is 0 Å². The third kappa shape index (κ3) is 2.36. The molecule has 0 radical (unpaired) electrons. The molecular formula is C15H7F3N4S. The van der Waals surface area contributed by atoms with Gasteiger partial charge in [-0.2, -0.15) is 9.61 Å². The molecular weight excluding hydrogens is 325 g/mol. The van der Waals surface area contributed by atoms with E-state index < -0.39 is 11.6 Å². The van der Waals surface area contributed by atoms with Gasteiger partial charge in [0, 0.05) is 5.56 Å². The van der Waals surface area contributed by atoms with E-state index in [0.717, 1.165) is 18.2 Å². The zero-order valence-electron chi connectivity index (χ0n) is 11.4. The molecule has 23 heavy (non-hydrogen) atoms. The predicted molar refractivity (Wildman–Crippen MR) is 79.4 cm³/mol. The van der Waals surface area contributed by atoms with Gasteiger partial charge < -0.3 is 0 Å². The maximum absolute atomic E-state index is 13.9. The first-order chi connectivity index (χ1) is 11.1. The van der Waals surface area contributed by atoms with E-state index >= 15 is 0 Å². The Morgan fingerprint density at radius 2 is 1.74 bits per heavy atom. The van der Waals surface area contributed by atoms with E-state index in [1.807, 2.05) is 0 Å². The van der Waals surface area contributed by atoms with Gasteiger partial charge in [0.05, 0.1) is 5.56 Å². The van der Waals surface area contributed by atoms with E-state index in [4.69, 9.17) is 0 Å². The first kappa shape index (κ1) is 13.9. The minimum absolute atomic E-state index is 0.0337. The Bertz CT molecular complexity index is 1020. The fourth-order valence-electron chi connectivity index (χ4n) is 2.19. The largest absolute Gasteiger partial charge is 0.235 e. The van der Waals surface area contributed by atoms with Crippen LogP contribution in [0.1, 0.15) is 0 Å². The molecule has 0 saturated heterocycles. The van der Waals surface area contributed by atoms with Crippen molar-refractivity contribution in [3.8, 4) is 22.0 Å². The Kier molecular flexibility index (Phi) is 3.12. The Morgan fingerprint density at radius 1 is 0.913 bits per heavy atom. The Morgan fingerprint density at radius 3 is 2.57 bits per heavy atom. The van der Waals surface area contributed by atoms with Crippen molar-refractivity contribution in [1.29, 1.82) is 0 Å². The molecule has 0 unspecified atom stereocenters. The third-order valence-corrected chi connectivity index (χ3v) is 4.18. The molecule has 0 saturated carbocycles. The highest BCUT2D eigenvalue weighted by Crippen LogP contribution is 2.29.